The molecule has 0 amide bonds. The van der Waals surface area contributed by atoms with Crippen LogP contribution in [0.2, 0.25) is 5.02 Å². The average Bonchev–Trinajstić information content (AvgIpc) is 2.20. The molecule has 2 rings (SSSR count). The van der Waals surface area contributed by atoms with Gasteiger partial charge in [0.2, 0.25) is 0 Å². The normalized spacial score (nSPS) is 10.4. The number of rotatable bonds is 1. The van der Waals surface area contributed by atoms with Crippen LogP contribution in [-0.2, 0) is 0 Å². The highest BCUT2D eigenvalue weighted by Crippen LogP contribution is 2.27. The van der Waals surface area contributed by atoms with E-state index >= 15 is 0 Å². The lowest BCUT2D eigenvalue weighted by atomic mass is 10.1. The van der Waals surface area contributed by atoms with Crippen LogP contribution in [0, 0.1) is 6.92 Å². The topological polar surface area (TPSA) is 17.1 Å². The zero-order chi connectivity index (χ0) is 10.1. The zero-order valence-electron chi connectivity index (χ0n) is 7.75. The van der Waals surface area contributed by atoms with Crippen LogP contribution < -0.4 is 0 Å². The molecular weight excluding hydrogens is 196 g/mol. The van der Waals surface area contributed by atoms with Gasteiger partial charge in [-0.25, -0.2) is 0 Å². The third-order valence-corrected chi connectivity index (χ3v) is 2.69. The smallest absolute Gasteiger partial charge is 0.151 e. The molecule has 2 aromatic carbocycles. The first-order chi connectivity index (χ1) is 6.72. The van der Waals surface area contributed by atoms with Crippen LogP contribution in [0.25, 0.3) is 10.8 Å². The Morgan fingerprint density at radius 3 is 2.64 bits per heavy atom. The maximum absolute atomic E-state index is 10.7. The van der Waals surface area contributed by atoms with Crippen LogP contribution in [0.1, 0.15) is 15.9 Å². The molecule has 2 heteroatoms. The molecule has 2 aromatic rings. The van der Waals surface area contributed by atoms with E-state index < -0.39 is 0 Å². The van der Waals surface area contributed by atoms with E-state index in [-0.39, 0.29) is 0 Å². The third-order valence-electron chi connectivity index (χ3n) is 2.27. The van der Waals surface area contributed by atoms with Crippen LogP contribution in [0.5, 0.6) is 0 Å². The summed E-state index contributed by atoms with van der Waals surface area (Å²) in [5.41, 5.74) is 1.69. The maximum atomic E-state index is 10.7. The molecule has 70 valence electrons. The second-order valence-corrected chi connectivity index (χ2v) is 3.69. The van der Waals surface area contributed by atoms with E-state index in [9.17, 15) is 4.79 Å². The molecule has 0 aromatic heterocycles. The number of hydrogen-bond acceptors (Lipinski definition) is 1. The minimum Gasteiger partial charge on any atom is -0.298 e. The predicted octanol–water partition coefficient (Wildman–Crippen LogP) is 3.61. The summed E-state index contributed by atoms with van der Waals surface area (Å²) in [5, 5.41) is 2.55. The first-order valence-corrected chi connectivity index (χ1v) is 4.74. The summed E-state index contributed by atoms with van der Waals surface area (Å²) in [6.07, 6.45) is 0.782. The van der Waals surface area contributed by atoms with Crippen molar-refractivity contribution in [1.29, 1.82) is 0 Å². The fourth-order valence-corrected chi connectivity index (χ4v) is 1.78. The van der Waals surface area contributed by atoms with Gasteiger partial charge in [-0.3, -0.25) is 4.79 Å². The predicted molar refractivity (Wildman–Crippen MR) is 59.1 cm³/mol. The van der Waals surface area contributed by atoms with Gasteiger partial charge in [0.25, 0.3) is 0 Å². The van der Waals surface area contributed by atoms with Crippen molar-refractivity contribution >= 4 is 28.7 Å². The van der Waals surface area contributed by atoms with Crippen molar-refractivity contribution in [3.63, 3.8) is 0 Å². The Balaban J connectivity index is 2.86. The van der Waals surface area contributed by atoms with Crippen molar-refractivity contribution in [3.8, 4) is 0 Å². The zero-order valence-corrected chi connectivity index (χ0v) is 8.51. The molecule has 0 atom stereocenters. The molecule has 0 fully saturated rings. The molecule has 0 spiro atoms. The molecule has 0 radical (unpaired) electrons. The van der Waals surface area contributed by atoms with Gasteiger partial charge in [-0.15, -0.1) is 0 Å². The molecular formula is C12H9ClO. The van der Waals surface area contributed by atoms with E-state index in [4.69, 9.17) is 11.6 Å². The number of hydrogen-bond donors (Lipinski definition) is 0. The van der Waals surface area contributed by atoms with Crippen molar-refractivity contribution < 1.29 is 4.79 Å². The molecule has 14 heavy (non-hydrogen) atoms. The Bertz CT molecular complexity index is 503. The summed E-state index contributed by atoms with van der Waals surface area (Å²) in [4.78, 5) is 10.7. The van der Waals surface area contributed by atoms with Gasteiger partial charge in [0.15, 0.2) is 6.29 Å². The number of aryl methyl sites for hydroxylation is 1. The maximum Gasteiger partial charge on any atom is 0.151 e. The van der Waals surface area contributed by atoms with Gasteiger partial charge in [-0.1, -0.05) is 35.4 Å². The number of carbonyl (C=O) groups is 1. The summed E-state index contributed by atoms with van der Waals surface area (Å²) >= 11 is 6.08. The van der Waals surface area contributed by atoms with Crippen molar-refractivity contribution in [2.24, 2.45) is 0 Å². The van der Waals surface area contributed by atoms with Gasteiger partial charge in [0.05, 0.1) is 5.02 Å². The van der Waals surface area contributed by atoms with E-state index in [2.05, 4.69) is 0 Å². The quantitative estimate of drug-likeness (QED) is 0.649. The summed E-state index contributed by atoms with van der Waals surface area (Å²) in [6, 6.07) is 9.67. The van der Waals surface area contributed by atoms with E-state index in [0.717, 1.165) is 22.6 Å². The van der Waals surface area contributed by atoms with Gasteiger partial charge < -0.3 is 0 Å². The van der Waals surface area contributed by atoms with Crippen LogP contribution in [0.4, 0.5) is 0 Å². The fraction of sp³-hybridized carbons (Fsp3) is 0.0833. The van der Waals surface area contributed by atoms with E-state index in [1.807, 2.05) is 31.2 Å². The van der Waals surface area contributed by atoms with Gasteiger partial charge in [0.1, 0.15) is 0 Å². The van der Waals surface area contributed by atoms with Gasteiger partial charge in [0, 0.05) is 10.9 Å². The number of benzene rings is 2. The minimum atomic E-state index is 0.543. The number of halogens is 1. The third kappa shape index (κ3) is 1.40. The summed E-state index contributed by atoms with van der Waals surface area (Å²) < 4.78 is 0. The number of fused-ring (bicyclic) bond motifs is 1. The molecule has 0 aliphatic heterocycles. The average molecular weight is 205 g/mol. The number of carbonyl (C=O) groups excluding carboxylic acids is 1. The van der Waals surface area contributed by atoms with Crippen LogP contribution >= 0.6 is 11.6 Å². The minimum absolute atomic E-state index is 0.543. The summed E-state index contributed by atoms with van der Waals surface area (Å²) in [7, 11) is 0. The Morgan fingerprint density at radius 1 is 1.21 bits per heavy atom. The first-order valence-electron chi connectivity index (χ1n) is 4.36. The van der Waals surface area contributed by atoms with Crippen molar-refractivity contribution in [1.82, 2.24) is 0 Å². The Labute approximate surface area is 87.3 Å². The molecule has 1 nitrogen and oxygen atoms in total. The van der Waals surface area contributed by atoms with E-state index in [1.165, 1.54) is 0 Å². The first kappa shape index (κ1) is 9.22. The molecule has 0 heterocycles. The molecule has 0 N–H and O–H groups in total. The fourth-order valence-electron chi connectivity index (χ4n) is 1.50. The van der Waals surface area contributed by atoms with Crippen molar-refractivity contribution in [2.45, 2.75) is 6.92 Å². The van der Waals surface area contributed by atoms with E-state index in [0.29, 0.717) is 10.6 Å². The van der Waals surface area contributed by atoms with Crippen LogP contribution in [0.15, 0.2) is 30.3 Å². The summed E-state index contributed by atoms with van der Waals surface area (Å²) in [6.45, 7) is 2.00. The molecule has 0 aliphatic rings. The monoisotopic (exact) mass is 204 g/mol. The SMILES string of the molecule is Cc1ccc2ccc(C=O)c(Cl)c2c1. The number of aldehydes is 1. The highest BCUT2D eigenvalue weighted by molar-refractivity contribution is 6.37. The van der Waals surface area contributed by atoms with Crippen LogP contribution in [-0.4, -0.2) is 6.29 Å². The van der Waals surface area contributed by atoms with Crippen LogP contribution in [0.3, 0.4) is 0 Å². The standard InChI is InChI=1S/C12H9ClO/c1-8-2-3-9-4-5-10(7-14)12(13)11(9)6-8/h2-7H,1H3. The van der Waals surface area contributed by atoms with Crippen molar-refractivity contribution in [2.75, 3.05) is 0 Å². The Morgan fingerprint density at radius 2 is 1.93 bits per heavy atom. The lowest BCUT2D eigenvalue weighted by Crippen LogP contribution is -1.84. The molecule has 0 unspecified atom stereocenters. The van der Waals surface area contributed by atoms with Crippen molar-refractivity contribution in [3.05, 3.63) is 46.5 Å². The lowest BCUT2D eigenvalue weighted by molar-refractivity contribution is 0.112. The second-order valence-electron chi connectivity index (χ2n) is 3.31. The largest absolute Gasteiger partial charge is 0.298 e. The van der Waals surface area contributed by atoms with E-state index in [1.54, 1.807) is 6.07 Å². The molecule has 0 saturated carbocycles. The Hall–Kier alpha value is -1.34. The Kier molecular flexibility index (Phi) is 2.26. The van der Waals surface area contributed by atoms with Gasteiger partial charge in [-0.2, -0.15) is 0 Å². The highest BCUT2D eigenvalue weighted by Gasteiger charge is 2.04. The molecule has 0 aliphatic carbocycles. The summed E-state index contributed by atoms with van der Waals surface area (Å²) in [5.74, 6) is 0. The second kappa shape index (κ2) is 3.43. The molecule has 0 saturated heterocycles. The van der Waals surface area contributed by atoms with Gasteiger partial charge >= 0.3 is 0 Å². The highest BCUT2D eigenvalue weighted by atomic mass is 35.5. The van der Waals surface area contributed by atoms with Gasteiger partial charge in [-0.05, 0) is 24.4 Å². The lowest BCUT2D eigenvalue weighted by Gasteiger charge is -2.03. The molecule has 0 bridgehead atoms.